The van der Waals surface area contributed by atoms with Gasteiger partial charge in [-0.25, -0.2) is 4.79 Å². The highest BCUT2D eigenvalue weighted by Gasteiger charge is 2.49. The summed E-state index contributed by atoms with van der Waals surface area (Å²) in [6, 6.07) is 8.22. The van der Waals surface area contributed by atoms with Crippen molar-refractivity contribution in [3.63, 3.8) is 0 Å². The number of anilines is 1. The molecule has 1 aliphatic carbocycles. The summed E-state index contributed by atoms with van der Waals surface area (Å²) in [4.78, 5) is 14.2. The van der Waals surface area contributed by atoms with Crippen LogP contribution in [0.3, 0.4) is 0 Å². The van der Waals surface area contributed by atoms with E-state index in [1.807, 2.05) is 31.0 Å². The van der Waals surface area contributed by atoms with Crippen LogP contribution in [0.4, 0.5) is 5.69 Å². The van der Waals surface area contributed by atoms with Gasteiger partial charge in [0.05, 0.1) is 6.61 Å². The monoisotopic (exact) mass is 276 g/mol. The Hall–Kier alpha value is -1.55. The molecule has 20 heavy (non-hydrogen) atoms. The summed E-state index contributed by atoms with van der Waals surface area (Å²) in [6.07, 6.45) is 2.02. The third kappa shape index (κ3) is 3.12. The van der Waals surface area contributed by atoms with Crippen molar-refractivity contribution in [2.24, 2.45) is 11.7 Å². The maximum Gasteiger partial charge on any atom is 0.328 e. The average Bonchev–Trinajstić information content (AvgIpc) is 3.24. The van der Waals surface area contributed by atoms with E-state index in [-0.39, 0.29) is 11.9 Å². The molecule has 2 N–H and O–H groups in total. The first-order valence-corrected chi connectivity index (χ1v) is 7.21. The Labute approximate surface area is 120 Å². The first-order chi connectivity index (χ1) is 9.47. The molecule has 1 atom stereocenters. The van der Waals surface area contributed by atoms with E-state index in [9.17, 15) is 4.79 Å². The van der Waals surface area contributed by atoms with Gasteiger partial charge in [-0.15, -0.1) is 0 Å². The highest BCUT2D eigenvalue weighted by atomic mass is 16.5. The largest absolute Gasteiger partial charge is 0.465 e. The summed E-state index contributed by atoms with van der Waals surface area (Å²) in [5.41, 5.74) is 7.77. The van der Waals surface area contributed by atoms with E-state index < -0.39 is 5.54 Å². The van der Waals surface area contributed by atoms with Crippen LogP contribution in [0, 0.1) is 12.8 Å². The fourth-order valence-electron chi connectivity index (χ4n) is 2.51. The summed E-state index contributed by atoms with van der Waals surface area (Å²) < 4.78 is 5.17. The van der Waals surface area contributed by atoms with Crippen molar-refractivity contribution in [1.29, 1.82) is 0 Å². The molecule has 0 amide bonds. The highest BCUT2D eigenvalue weighted by molar-refractivity contribution is 5.82. The quantitative estimate of drug-likeness (QED) is 0.808. The van der Waals surface area contributed by atoms with Gasteiger partial charge in [0.25, 0.3) is 0 Å². The van der Waals surface area contributed by atoms with E-state index in [1.165, 1.54) is 5.56 Å². The lowest BCUT2D eigenvalue weighted by Crippen LogP contribution is -2.58. The number of hydrogen-bond acceptors (Lipinski definition) is 4. The standard InChI is InChI=1S/C16H24N2O2/c1-4-20-15(19)16(17,13-7-8-13)11-18(3)14-9-5-12(2)6-10-14/h5-6,9-10,13H,4,7-8,11,17H2,1-3H3. The van der Waals surface area contributed by atoms with Crippen LogP contribution in [-0.4, -0.2) is 31.7 Å². The summed E-state index contributed by atoms with van der Waals surface area (Å²) in [6.45, 7) is 4.73. The molecule has 0 heterocycles. The first-order valence-electron chi connectivity index (χ1n) is 7.21. The van der Waals surface area contributed by atoms with Crippen LogP contribution in [0.15, 0.2) is 24.3 Å². The molecule has 1 unspecified atom stereocenters. The molecule has 0 spiro atoms. The van der Waals surface area contributed by atoms with Gasteiger partial charge in [0.2, 0.25) is 0 Å². The highest BCUT2D eigenvalue weighted by Crippen LogP contribution is 2.39. The molecule has 1 aliphatic rings. The predicted molar refractivity (Wildman–Crippen MR) is 80.7 cm³/mol. The molecule has 4 heteroatoms. The second-order valence-electron chi connectivity index (χ2n) is 5.73. The maximum absolute atomic E-state index is 12.2. The Morgan fingerprint density at radius 3 is 2.50 bits per heavy atom. The van der Waals surface area contributed by atoms with Gasteiger partial charge in [0, 0.05) is 19.3 Å². The Morgan fingerprint density at radius 1 is 1.40 bits per heavy atom. The molecule has 1 aromatic rings. The molecule has 0 aromatic heterocycles. The number of nitrogens with two attached hydrogens (primary N) is 1. The van der Waals surface area contributed by atoms with Crippen molar-refractivity contribution in [3.8, 4) is 0 Å². The number of esters is 1. The molecule has 0 bridgehead atoms. The van der Waals surface area contributed by atoms with E-state index in [1.54, 1.807) is 0 Å². The summed E-state index contributed by atoms with van der Waals surface area (Å²) in [5, 5.41) is 0. The van der Waals surface area contributed by atoms with Crippen molar-refractivity contribution >= 4 is 11.7 Å². The maximum atomic E-state index is 12.2. The molecule has 1 fully saturated rings. The van der Waals surface area contributed by atoms with E-state index in [0.29, 0.717) is 13.2 Å². The molecule has 0 aliphatic heterocycles. The Morgan fingerprint density at radius 2 is 2.00 bits per heavy atom. The summed E-state index contributed by atoms with van der Waals surface area (Å²) >= 11 is 0. The average molecular weight is 276 g/mol. The molecule has 1 aromatic carbocycles. The van der Waals surface area contributed by atoms with Gasteiger partial charge in [0.15, 0.2) is 0 Å². The molecule has 2 rings (SSSR count). The zero-order chi connectivity index (χ0) is 14.8. The van der Waals surface area contributed by atoms with Crippen molar-refractivity contribution in [1.82, 2.24) is 0 Å². The fourth-order valence-corrected chi connectivity index (χ4v) is 2.51. The van der Waals surface area contributed by atoms with Crippen LogP contribution in [0.25, 0.3) is 0 Å². The number of carbonyl (C=O) groups excluding carboxylic acids is 1. The molecule has 0 saturated heterocycles. The van der Waals surface area contributed by atoms with Crippen LogP contribution >= 0.6 is 0 Å². The predicted octanol–water partition coefficient (Wildman–Crippen LogP) is 2.10. The van der Waals surface area contributed by atoms with Gasteiger partial charge in [-0.1, -0.05) is 17.7 Å². The van der Waals surface area contributed by atoms with Gasteiger partial charge in [-0.3, -0.25) is 0 Å². The van der Waals surface area contributed by atoms with Crippen LogP contribution in [0.5, 0.6) is 0 Å². The zero-order valence-corrected chi connectivity index (χ0v) is 12.6. The van der Waals surface area contributed by atoms with Crippen molar-refractivity contribution in [2.45, 2.75) is 32.2 Å². The van der Waals surface area contributed by atoms with Gasteiger partial charge in [-0.2, -0.15) is 0 Å². The van der Waals surface area contributed by atoms with Gasteiger partial charge in [-0.05, 0) is 44.7 Å². The number of benzene rings is 1. The molecule has 110 valence electrons. The second-order valence-corrected chi connectivity index (χ2v) is 5.73. The molecular formula is C16H24N2O2. The number of aryl methyl sites for hydroxylation is 1. The van der Waals surface area contributed by atoms with E-state index in [0.717, 1.165) is 18.5 Å². The number of likely N-dealkylation sites (N-methyl/N-ethyl adjacent to an activating group) is 1. The lowest BCUT2D eigenvalue weighted by Gasteiger charge is -2.32. The summed E-state index contributed by atoms with van der Waals surface area (Å²) in [5.74, 6) is -0.0316. The number of nitrogens with zero attached hydrogens (tertiary/aromatic N) is 1. The SMILES string of the molecule is CCOC(=O)C(N)(CN(C)c1ccc(C)cc1)C1CC1. The topological polar surface area (TPSA) is 55.6 Å². The van der Waals surface area contributed by atoms with Crippen LogP contribution < -0.4 is 10.6 Å². The van der Waals surface area contributed by atoms with Gasteiger partial charge < -0.3 is 15.4 Å². The lowest BCUT2D eigenvalue weighted by atomic mass is 9.93. The first kappa shape index (κ1) is 14.9. The number of rotatable bonds is 6. The molecule has 1 saturated carbocycles. The summed E-state index contributed by atoms with van der Waals surface area (Å²) in [7, 11) is 1.97. The van der Waals surface area contributed by atoms with Crippen molar-refractivity contribution in [2.75, 3.05) is 25.1 Å². The third-order valence-corrected chi connectivity index (χ3v) is 3.93. The van der Waals surface area contributed by atoms with E-state index >= 15 is 0 Å². The van der Waals surface area contributed by atoms with Crippen LogP contribution in [-0.2, 0) is 9.53 Å². The van der Waals surface area contributed by atoms with Crippen LogP contribution in [0.2, 0.25) is 0 Å². The normalized spacial score (nSPS) is 17.4. The number of ether oxygens (including phenoxy) is 1. The van der Waals surface area contributed by atoms with Crippen LogP contribution in [0.1, 0.15) is 25.3 Å². The second kappa shape index (κ2) is 5.83. The minimum atomic E-state index is -0.893. The fraction of sp³-hybridized carbons (Fsp3) is 0.562. The Balaban J connectivity index is 2.11. The molecule has 0 radical (unpaired) electrons. The zero-order valence-electron chi connectivity index (χ0n) is 12.6. The minimum Gasteiger partial charge on any atom is -0.465 e. The number of hydrogen-bond donors (Lipinski definition) is 1. The lowest BCUT2D eigenvalue weighted by molar-refractivity contribution is -0.150. The molecular weight excluding hydrogens is 252 g/mol. The Kier molecular flexibility index (Phi) is 4.33. The third-order valence-electron chi connectivity index (χ3n) is 3.93. The Bertz CT molecular complexity index is 468. The number of carbonyl (C=O) groups is 1. The van der Waals surface area contributed by atoms with Crippen molar-refractivity contribution < 1.29 is 9.53 Å². The van der Waals surface area contributed by atoms with Gasteiger partial charge in [0.1, 0.15) is 5.54 Å². The van der Waals surface area contributed by atoms with E-state index in [4.69, 9.17) is 10.5 Å². The van der Waals surface area contributed by atoms with E-state index in [2.05, 4.69) is 19.1 Å². The van der Waals surface area contributed by atoms with Crippen molar-refractivity contribution in [3.05, 3.63) is 29.8 Å². The minimum absolute atomic E-state index is 0.245. The van der Waals surface area contributed by atoms with Gasteiger partial charge >= 0.3 is 5.97 Å². The smallest absolute Gasteiger partial charge is 0.328 e. The molecule has 4 nitrogen and oxygen atoms in total.